The van der Waals surface area contributed by atoms with Gasteiger partial charge in [0, 0.05) is 44.5 Å². The van der Waals surface area contributed by atoms with Gasteiger partial charge in [-0.25, -0.2) is 0 Å². The Kier molecular flexibility index (Phi) is 5.69. The van der Waals surface area contributed by atoms with Gasteiger partial charge in [0.25, 0.3) is 0 Å². The first-order chi connectivity index (χ1) is 10.5. The highest BCUT2D eigenvalue weighted by Crippen LogP contribution is 2.34. The number of aromatic nitrogens is 2. The highest BCUT2D eigenvalue weighted by atomic mass is 16.2. The van der Waals surface area contributed by atoms with Crippen molar-refractivity contribution in [2.45, 2.75) is 52.9 Å². The van der Waals surface area contributed by atoms with E-state index < -0.39 is 0 Å². The molecule has 0 aliphatic carbocycles. The SMILES string of the molecule is CC(C)=CCC[C@]1(C)CCC(=O)N(CCc2cnccn2)C1. The van der Waals surface area contributed by atoms with E-state index in [0.29, 0.717) is 6.42 Å². The van der Waals surface area contributed by atoms with Gasteiger partial charge in [-0.15, -0.1) is 0 Å². The van der Waals surface area contributed by atoms with Crippen LogP contribution >= 0.6 is 0 Å². The van der Waals surface area contributed by atoms with Gasteiger partial charge in [0.1, 0.15) is 0 Å². The second kappa shape index (κ2) is 7.52. The molecule has 4 nitrogen and oxygen atoms in total. The molecule has 4 heteroatoms. The molecule has 0 unspecified atom stereocenters. The van der Waals surface area contributed by atoms with Crippen molar-refractivity contribution < 1.29 is 4.79 Å². The third-order valence-corrected chi connectivity index (χ3v) is 4.42. The minimum atomic E-state index is 0.238. The summed E-state index contributed by atoms with van der Waals surface area (Å²) < 4.78 is 0. The minimum absolute atomic E-state index is 0.238. The molecule has 1 aliphatic rings. The lowest BCUT2D eigenvalue weighted by molar-refractivity contribution is -0.137. The Bertz CT molecular complexity index is 522. The highest BCUT2D eigenvalue weighted by molar-refractivity contribution is 5.77. The zero-order valence-corrected chi connectivity index (χ0v) is 14.0. The summed E-state index contributed by atoms with van der Waals surface area (Å²) in [4.78, 5) is 22.5. The number of nitrogens with zero attached hydrogens (tertiary/aromatic N) is 3. The number of rotatable bonds is 6. The van der Waals surface area contributed by atoms with Gasteiger partial charge in [0.2, 0.25) is 5.91 Å². The lowest BCUT2D eigenvalue weighted by Crippen LogP contribution is -2.46. The van der Waals surface area contributed by atoms with E-state index in [0.717, 1.165) is 44.5 Å². The molecule has 22 heavy (non-hydrogen) atoms. The molecular weight excluding hydrogens is 274 g/mol. The average Bonchev–Trinajstić information content (AvgIpc) is 2.49. The molecular formula is C18H27N3O. The molecule has 1 amide bonds. The second-order valence-electron chi connectivity index (χ2n) is 6.89. The Morgan fingerprint density at radius 1 is 1.41 bits per heavy atom. The van der Waals surface area contributed by atoms with Crippen molar-refractivity contribution >= 4 is 5.91 Å². The fourth-order valence-electron chi connectivity index (χ4n) is 3.02. The van der Waals surface area contributed by atoms with Gasteiger partial charge in [-0.05, 0) is 38.5 Å². The molecule has 1 aromatic rings. The highest BCUT2D eigenvalue weighted by Gasteiger charge is 2.34. The van der Waals surface area contributed by atoms with Crippen LogP contribution in [0, 0.1) is 5.41 Å². The largest absolute Gasteiger partial charge is 0.342 e. The number of amides is 1. The van der Waals surface area contributed by atoms with Crippen LogP contribution in [0.1, 0.15) is 52.1 Å². The van der Waals surface area contributed by atoms with E-state index in [1.54, 1.807) is 18.6 Å². The minimum Gasteiger partial charge on any atom is -0.342 e. The molecule has 2 heterocycles. The van der Waals surface area contributed by atoms with Crippen molar-refractivity contribution in [3.63, 3.8) is 0 Å². The second-order valence-corrected chi connectivity index (χ2v) is 6.89. The summed E-state index contributed by atoms with van der Waals surface area (Å²) >= 11 is 0. The molecule has 0 saturated carbocycles. The third kappa shape index (κ3) is 4.93. The van der Waals surface area contributed by atoms with Gasteiger partial charge >= 0.3 is 0 Å². The number of allylic oxidation sites excluding steroid dienone is 2. The first kappa shape index (κ1) is 16.7. The fourth-order valence-corrected chi connectivity index (χ4v) is 3.02. The van der Waals surface area contributed by atoms with Crippen molar-refractivity contribution in [1.82, 2.24) is 14.9 Å². The van der Waals surface area contributed by atoms with Crippen LogP contribution in [-0.4, -0.2) is 33.9 Å². The molecule has 0 N–H and O–H groups in total. The van der Waals surface area contributed by atoms with Crippen LogP contribution in [0.15, 0.2) is 30.2 Å². The van der Waals surface area contributed by atoms with Gasteiger partial charge in [-0.2, -0.15) is 0 Å². The molecule has 1 fully saturated rings. The normalized spacial score (nSPS) is 21.8. The molecule has 0 aromatic carbocycles. The van der Waals surface area contributed by atoms with Crippen LogP contribution in [0.25, 0.3) is 0 Å². The predicted molar refractivity (Wildman–Crippen MR) is 88.3 cm³/mol. The van der Waals surface area contributed by atoms with E-state index in [4.69, 9.17) is 0 Å². The maximum Gasteiger partial charge on any atom is 0.222 e. The van der Waals surface area contributed by atoms with Crippen LogP contribution in [0.2, 0.25) is 0 Å². The predicted octanol–water partition coefficient (Wildman–Crippen LogP) is 3.39. The van der Waals surface area contributed by atoms with E-state index in [2.05, 4.69) is 36.8 Å². The summed E-state index contributed by atoms with van der Waals surface area (Å²) in [6, 6.07) is 0. The van der Waals surface area contributed by atoms with Crippen LogP contribution in [0.4, 0.5) is 0 Å². The number of carbonyl (C=O) groups excluding carboxylic acids is 1. The maximum absolute atomic E-state index is 12.2. The summed E-state index contributed by atoms with van der Waals surface area (Å²) in [6.45, 7) is 8.20. The lowest BCUT2D eigenvalue weighted by atomic mass is 9.77. The molecule has 1 aliphatic heterocycles. The van der Waals surface area contributed by atoms with Crippen LogP contribution in [0.5, 0.6) is 0 Å². The molecule has 1 saturated heterocycles. The van der Waals surface area contributed by atoms with Crippen molar-refractivity contribution in [2.24, 2.45) is 5.41 Å². The van der Waals surface area contributed by atoms with E-state index in [9.17, 15) is 4.79 Å². The van der Waals surface area contributed by atoms with Crippen LogP contribution < -0.4 is 0 Å². The average molecular weight is 301 g/mol. The molecule has 0 spiro atoms. The molecule has 0 bridgehead atoms. The molecule has 0 radical (unpaired) electrons. The molecule has 1 atom stereocenters. The fraction of sp³-hybridized carbons (Fsp3) is 0.611. The topological polar surface area (TPSA) is 46.1 Å². The van der Waals surface area contributed by atoms with Gasteiger partial charge < -0.3 is 4.90 Å². The summed E-state index contributed by atoms with van der Waals surface area (Å²) in [7, 11) is 0. The standard InChI is InChI=1S/C18H27N3O/c1-15(2)5-4-8-18(3)9-6-17(22)21(14-18)12-7-16-13-19-10-11-20-16/h5,10-11,13H,4,6-9,12,14H2,1-3H3/t18-/m1/s1. The van der Waals surface area contributed by atoms with Crippen molar-refractivity contribution in [1.29, 1.82) is 0 Å². The Hall–Kier alpha value is -1.71. The number of piperidine rings is 1. The smallest absolute Gasteiger partial charge is 0.222 e. The number of likely N-dealkylation sites (tertiary alicyclic amines) is 1. The Morgan fingerprint density at radius 2 is 2.23 bits per heavy atom. The third-order valence-electron chi connectivity index (χ3n) is 4.42. The van der Waals surface area contributed by atoms with Gasteiger partial charge in [-0.3, -0.25) is 14.8 Å². The summed E-state index contributed by atoms with van der Waals surface area (Å²) in [5.41, 5.74) is 2.56. The van der Waals surface area contributed by atoms with E-state index in [-0.39, 0.29) is 11.3 Å². The van der Waals surface area contributed by atoms with Crippen molar-refractivity contribution in [3.8, 4) is 0 Å². The van der Waals surface area contributed by atoms with Crippen molar-refractivity contribution in [2.75, 3.05) is 13.1 Å². The Morgan fingerprint density at radius 3 is 2.91 bits per heavy atom. The zero-order chi connectivity index (χ0) is 16.0. The zero-order valence-electron chi connectivity index (χ0n) is 14.0. The first-order valence-corrected chi connectivity index (χ1v) is 8.15. The first-order valence-electron chi connectivity index (χ1n) is 8.15. The summed E-state index contributed by atoms with van der Waals surface area (Å²) in [5.74, 6) is 0.281. The number of hydrogen-bond donors (Lipinski definition) is 0. The monoisotopic (exact) mass is 301 g/mol. The Balaban J connectivity index is 1.90. The van der Waals surface area contributed by atoms with E-state index in [1.807, 2.05) is 4.90 Å². The number of hydrogen-bond acceptors (Lipinski definition) is 3. The Labute approximate surface area is 133 Å². The summed E-state index contributed by atoms with van der Waals surface area (Å²) in [5, 5.41) is 0. The number of carbonyl (C=O) groups is 1. The summed E-state index contributed by atoms with van der Waals surface area (Å²) in [6.07, 6.45) is 12.2. The maximum atomic E-state index is 12.2. The quantitative estimate of drug-likeness (QED) is 0.757. The lowest BCUT2D eigenvalue weighted by Gasteiger charge is -2.40. The van der Waals surface area contributed by atoms with Gasteiger partial charge in [-0.1, -0.05) is 18.6 Å². The van der Waals surface area contributed by atoms with Crippen molar-refractivity contribution in [3.05, 3.63) is 35.9 Å². The van der Waals surface area contributed by atoms with E-state index in [1.165, 1.54) is 5.57 Å². The van der Waals surface area contributed by atoms with E-state index >= 15 is 0 Å². The molecule has 1 aromatic heterocycles. The van der Waals surface area contributed by atoms with Gasteiger partial charge in [0.05, 0.1) is 5.69 Å². The molecule has 2 rings (SSSR count). The van der Waals surface area contributed by atoms with Crippen LogP contribution in [-0.2, 0) is 11.2 Å². The van der Waals surface area contributed by atoms with Crippen LogP contribution in [0.3, 0.4) is 0 Å². The van der Waals surface area contributed by atoms with Gasteiger partial charge in [0.15, 0.2) is 0 Å². The molecule has 120 valence electrons.